The van der Waals surface area contributed by atoms with Crippen molar-refractivity contribution >= 4 is 10.9 Å². The minimum Gasteiger partial charge on any atom is -0.376 e. The van der Waals surface area contributed by atoms with Crippen molar-refractivity contribution in [2.45, 2.75) is 64.6 Å². The minimum absolute atomic E-state index is 0.0747. The van der Waals surface area contributed by atoms with Crippen molar-refractivity contribution in [3.05, 3.63) is 87.0 Å². The van der Waals surface area contributed by atoms with Crippen LogP contribution in [0.2, 0.25) is 0 Å². The topological polar surface area (TPSA) is 88.9 Å². The molecule has 2 saturated heterocycles. The predicted molar refractivity (Wildman–Crippen MR) is 147 cm³/mol. The number of hydrogen-bond acceptors (Lipinski definition) is 6. The van der Waals surface area contributed by atoms with Crippen LogP contribution in [-0.4, -0.2) is 55.9 Å². The molecule has 0 unspecified atom stereocenters. The van der Waals surface area contributed by atoms with Crippen molar-refractivity contribution in [1.29, 1.82) is 0 Å². The van der Waals surface area contributed by atoms with Crippen LogP contribution in [0.4, 0.5) is 0 Å². The van der Waals surface area contributed by atoms with Gasteiger partial charge in [-0.2, -0.15) is 0 Å². The number of fused-ring (bicyclic) bond motifs is 1. The summed E-state index contributed by atoms with van der Waals surface area (Å²) in [7, 11) is 0. The van der Waals surface area contributed by atoms with E-state index >= 15 is 0 Å². The molecular formula is C30H36N6O2. The Kier molecular flexibility index (Phi) is 7.08. The Hall–Kier alpha value is -3.36. The molecule has 0 spiro atoms. The Bertz CT molecular complexity index is 1450. The number of piperidine rings is 1. The van der Waals surface area contributed by atoms with Gasteiger partial charge >= 0.3 is 0 Å². The fourth-order valence-electron chi connectivity index (χ4n) is 6.17. The van der Waals surface area contributed by atoms with Gasteiger partial charge in [0.25, 0.3) is 5.56 Å². The summed E-state index contributed by atoms with van der Waals surface area (Å²) in [6.45, 7) is 7.29. The molecule has 2 atom stereocenters. The molecule has 8 nitrogen and oxygen atoms in total. The van der Waals surface area contributed by atoms with E-state index in [4.69, 9.17) is 4.74 Å². The number of benzene rings is 2. The molecule has 4 aromatic rings. The van der Waals surface area contributed by atoms with Crippen molar-refractivity contribution in [3.8, 4) is 0 Å². The maximum Gasteiger partial charge on any atom is 0.253 e. The van der Waals surface area contributed by atoms with E-state index in [0.717, 1.165) is 79.7 Å². The van der Waals surface area contributed by atoms with Crippen LogP contribution in [0.5, 0.6) is 0 Å². The molecule has 0 radical (unpaired) electrons. The molecule has 1 N–H and O–H groups in total. The normalized spacial score (nSPS) is 19.8. The quantitative estimate of drug-likeness (QED) is 0.396. The number of H-pyrrole nitrogens is 1. The van der Waals surface area contributed by atoms with Gasteiger partial charge in [-0.05, 0) is 98.1 Å². The molecule has 38 heavy (non-hydrogen) atoms. The second-order valence-corrected chi connectivity index (χ2v) is 11.0. The van der Waals surface area contributed by atoms with Gasteiger partial charge in [0.15, 0.2) is 5.82 Å². The SMILES string of the molecule is Cc1ccc(C)c2[nH]c(=O)c([C@H](c3nnnn3C[C@H]3CCCO3)N3CCC(Cc4ccccc4)CC3)cc12. The van der Waals surface area contributed by atoms with Gasteiger partial charge in [0.2, 0.25) is 0 Å². The molecular weight excluding hydrogens is 476 g/mol. The van der Waals surface area contributed by atoms with Crippen molar-refractivity contribution < 1.29 is 4.74 Å². The van der Waals surface area contributed by atoms with E-state index in [0.29, 0.717) is 18.0 Å². The van der Waals surface area contributed by atoms with Crippen molar-refractivity contribution in [2.24, 2.45) is 5.92 Å². The molecule has 6 rings (SSSR count). The highest BCUT2D eigenvalue weighted by Gasteiger charge is 2.34. The second kappa shape index (κ2) is 10.8. The number of aromatic amines is 1. The fourth-order valence-corrected chi connectivity index (χ4v) is 6.17. The van der Waals surface area contributed by atoms with Crippen molar-refractivity contribution in [2.75, 3.05) is 19.7 Å². The lowest BCUT2D eigenvalue weighted by molar-refractivity contribution is 0.0892. The Morgan fingerprint density at radius 1 is 1.05 bits per heavy atom. The smallest absolute Gasteiger partial charge is 0.253 e. The largest absolute Gasteiger partial charge is 0.376 e. The summed E-state index contributed by atoms with van der Waals surface area (Å²) in [5.74, 6) is 1.34. The number of tetrazole rings is 1. The average molecular weight is 513 g/mol. The highest BCUT2D eigenvalue weighted by molar-refractivity contribution is 5.85. The first-order valence-corrected chi connectivity index (χ1v) is 13.9. The van der Waals surface area contributed by atoms with Gasteiger partial charge in [0.05, 0.1) is 18.2 Å². The van der Waals surface area contributed by atoms with Gasteiger partial charge in [0.1, 0.15) is 6.04 Å². The number of aromatic nitrogens is 5. The van der Waals surface area contributed by atoms with Gasteiger partial charge in [-0.1, -0.05) is 42.5 Å². The summed E-state index contributed by atoms with van der Waals surface area (Å²) in [5, 5.41) is 14.0. The molecule has 8 heteroatoms. The van der Waals surface area contributed by atoms with E-state index in [-0.39, 0.29) is 17.7 Å². The number of hydrogen-bond donors (Lipinski definition) is 1. The summed E-state index contributed by atoms with van der Waals surface area (Å²) >= 11 is 0. The van der Waals surface area contributed by atoms with Crippen LogP contribution in [-0.2, 0) is 17.7 Å². The Morgan fingerprint density at radius 2 is 1.84 bits per heavy atom. The minimum atomic E-state index is -0.322. The number of aryl methyl sites for hydroxylation is 2. The molecule has 0 saturated carbocycles. The average Bonchev–Trinajstić information content (AvgIpc) is 3.62. The summed E-state index contributed by atoms with van der Waals surface area (Å²) in [5.41, 5.74) is 5.13. The Morgan fingerprint density at radius 3 is 2.61 bits per heavy atom. The van der Waals surface area contributed by atoms with Crippen LogP contribution in [0, 0.1) is 19.8 Å². The third kappa shape index (κ3) is 5.02. The summed E-state index contributed by atoms with van der Waals surface area (Å²) < 4.78 is 7.76. The van der Waals surface area contributed by atoms with E-state index < -0.39 is 0 Å². The standard InChI is InChI=1S/C30H36N6O2/c1-20-10-11-21(2)27-25(20)18-26(30(37)31-27)28(29-32-33-34-36(29)19-24-9-6-16-38-24)35-14-12-23(13-15-35)17-22-7-4-3-5-8-22/h3-5,7-8,10-11,18,23-24,28H,6,9,12-17,19H2,1-2H3,(H,31,37)/t24-,28-/m1/s1. The first-order chi connectivity index (χ1) is 18.6. The maximum atomic E-state index is 13.7. The van der Waals surface area contributed by atoms with Gasteiger partial charge in [0, 0.05) is 17.6 Å². The van der Waals surface area contributed by atoms with Crippen LogP contribution in [0.15, 0.2) is 53.3 Å². The maximum absolute atomic E-state index is 13.7. The number of pyridine rings is 1. The highest BCUT2D eigenvalue weighted by atomic mass is 16.5. The highest BCUT2D eigenvalue weighted by Crippen LogP contribution is 2.33. The number of nitrogens with one attached hydrogen (secondary N) is 1. The molecule has 0 aliphatic carbocycles. The predicted octanol–water partition coefficient (Wildman–Crippen LogP) is 4.35. The van der Waals surface area contributed by atoms with Crippen molar-refractivity contribution in [3.63, 3.8) is 0 Å². The molecule has 0 amide bonds. The molecule has 2 aromatic carbocycles. The zero-order valence-electron chi connectivity index (χ0n) is 22.3. The number of rotatable bonds is 7. The molecule has 198 valence electrons. The van der Waals surface area contributed by atoms with Crippen LogP contribution in [0.25, 0.3) is 10.9 Å². The molecule has 2 fully saturated rings. The third-order valence-corrected chi connectivity index (χ3v) is 8.35. The fraction of sp³-hybridized carbons (Fsp3) is 0.467. The summed E-state index contributed by atoms with van der Waals surface area (Å²) in [6, 6.07) is 16.7. The Labute approximate surface area is 223 Å². The molecule has 2 aromatic heterocycles. The van der Waals surface area contributed by atoms with E-state index in [9.17, 15) is 4.79 Å². The van der Waals surface area contributed by atoms with Crippen LogP contribution >= 0.6 is 0 Å². The number of nitrogens with zero attached hydrogens (tertiary/aromatic N) is 5. The zero-order valence-corrected chi connectivity index (χ0v) is 22.3. The molecule has 2 aliphatic rings. The first kappa shape index (κ1) is 24.9. The Balaban J connectivity index is 1.35. The zero-order chi connectivity index (χ0) is 26.1. The monoisotopic (exact) mass is 512 g/mol. The van der Waals surface area contributed by atoms with Crippen LogP contribution < -0.4 is 5.56 Å². The van der Waals surface area contributed by atoms with Crippen molar-refractivity contribution in [1.82, 2.24) is 30.1 Å². The lowest BCUT2D eigenvalue weighted by atomic mass is 9.88. The van der Waals surface area contributed by atoms with E-state index in [1.807, 2.05) is 11.6 Å². The summed E-state index contributed by atoms with van der Waals surface area (Å²) in [4.78, 5) is 19.3. The summed E-state index contributed by atoms with van der Waals surface area (Å²) in [6.07, 6.45) is 5.40. The van der Waals surface area contributed by atoms with Crippen LogP contribution in [0.3, 0.4) is 0 Å². The first-order valence-electron chi connectivity index (χ1n) is 13.9. The number of ether oxygens (including phenoxy) is 1. The van der Waals surface area contributed by atoms with E-state index in [1.54, 1.807) is 0 Å². The molecule has 0 bridgehead atoms. The van der Waals surface area contributed by atoms with Gasteiger partial charge in [-0.25, -0.2) is 4.68 Å². The van der Waals surface area contributed by atoms with Crippen LogP contribution in [0.1, 0.15) is 59.8 Å². The number of likely N-dealkylation sites (tertiary alicyclic amines) is 1. The lowest BCUT2D eigenvalue weighted by Crippen LogP contribution is -2.41. The third-order valence-electron chi connectivity index (χ3n) is 8.35. The van der Waals surface area contributed by atoms with Gasteiger partial charge < -0.3 is 9.72 Å². The van der Waals surface area contributed by atoms with E-state index in [1.165, 1.54) is 5.56 Å². The van der Waals surface area contributed by atoms with Gasteiger partial charge in [-0.15, -0.1) is 5.10 Å². The van der Waals surface area contributed by atoms with E-state index in [2.05, 4.69) is 80.9 Å². The lowest BCUT2D eigenvalue weighted by Gasteiger charge is -2.37. The van der Waals surface area contributed by atoms with Gasteiger partial charge in [-0.3, -0.25) is 9.69 Å². The second-order valence-electron chi connectivity index (χ2n) is 11.0. The molecule has 2 aliphatic heterocycles. The molecule has 4 heterocycles.